The van der Waals surface area contributed by atoms with Crippen LogP contribution in [-0.4, -0.2) is 0 Å². The summed E-state index contributed by atoms with van der Waals surface area (Å²) in [4.78, 5) is 0. The molecule has 0 aliphatic rings. The van der Waals surface area contributed by atoms with Crippen molar-refractivity contribution in [1.29, 1.82) is 0 Å². The minimum Gasteiger partial charge on any atom is -0.489 e. The lowest BCUT2D eigenvalue weighted by atomic mass is 10.2. The zero-order valence-electron chi connectivity index (χ0n) is 13.3. The van der Waals surface area contributed by atoms with Crippen molar-refractivity contribution in [3.63, 3.8) is 0 Å². The highest BCUT2D eigenvalue weighted by Crippen LogP contribution is 2.21. The van der Waals surface area contributed by atoms with Gasteiger partial charge in [0.1, 0.15) is 18.2 Å². The van der Waals surface area contributed by atoms with Crippen LogP contribution in [0.1, 0.15) is 11.1 Å². The standard InChI is InChI=1S/C20H16Cl2FNO/c21-16-6-4-14(5-7-16)13-25-18-3-1-2-15(10-18)12-24-17-8-9-20(23)19(22)11-17/h1-11,24H,12-13H2. The van der Waals surface area contributed by atoms with Gasteiger partial charge in [-0.05, 0) is 53.6 Å². The highest BCUT2D eigenvalue weighted by atomic mass is 35.5. The summed E-state index contributed by atoms with van der Waals surface area (Å²) in [5.74, 6) is 0.358. The third kappa shape index (κ3) is 5.12. The van der Waals surface area contributed by atoms with E-state index >= 15 is 0 Å². The lowest BCUT2D eigenvalue weighted by Crippen LogP contribution is -2.01. The van der Waals surface area contributed by atoms with Crippen molar-refractivity contribution in [1.82, 2.24) is 0 Å². The van der Waals surface area contributed by atoms with E-state index < -0.39 is 5.82 Å². The Morgan fingerprint density at radius 1 is 0.880 bits per heavy atom. The van der Waals surface area contributed by atoms with E-state index in [-0.39, 0.29) is 5.02 Å². The van der Waals surface area contributed by atoms with Crippen molar-refractivity contribution in [2.45, 2.75) is 13.2 Å². The smallest absolute Gasteiger partial charge is 0.141 e. The second kappa shape index (κ2) is 8.24. The molecule has 2 nitrogen and oxygen atoms in total. The normalized spacial score (nSPS) is 10.5. The molecule has 3 aromatic carbocycles. The molecule has 0 radical (unpaired) electrons. The van der Waals surface area contributed by atoms with Gasteiger partial charge in [-0.1, -0.05) is 47.5 Å². The molecule has 0 atom stereocenters. The fourth-order valence-electron chi connectivity index (χ4n) is 2.30. The van der Waals surface area contributed by atoms with Gasteiger partial charge >= 0.3 is 0 Å². The second-order valence-electron chi connectivity index (χ2n) is 5.54. The topological polar surface area (TPSA) is 21.3 Å². The molecule has 3 aromatic rings. The Bertz CT molecular complexity index is 853. The highest BCUT2D eigenvalue weighted by molar-refractivity contribution is 6.31. The Labute approximate surface area is 156 Å². The van der Waals surface area contributed by atoms with E-state index in [2.05, 4.69) is 5.32 Å². The highest BCUT2D eigenvalue weighted by Gasteiger charge is 2.02. The molecular formula is C20H16Cl2FNO. The Morgan fingerprint density at radius 2 is 1.68 bits per heavy atom. The molecular weight excluding hydrogens is 360 g/mol. The predicted molar refractivity (Wildman–Crippen MR) is 101 cm³/mol. The summed E-state index contributed by atoms with van der Waals surface area (Å²) in [6.07, 6.45) is 0. The number of anilines is 1. The Hall–Kier alpha value is -2.23. The number of hydrogen-bond acceptors (Lipinski definition) is 2. The predicted octanol–water partition coefficient (Wildman–Crippen LogP) is 6.32. The first-order valence-electron chi connectivity index (χ1n) is 7.75. The van der Waals surface area contributed by atoms with Crippen molar-refractivity contribution < 1.29 is 9.13 Å². The maximum atomic E-state index is 13.2. The Balaban J connectivity index is 1.59. The first-order chi connectivity index (χ1) is 12.1. The van der Waals surface area contributed by atoms with Crippen LogP contribution in [0, 0.1) is 5.82 Å². The molecule has 0 amide bonds. The van der Waals surface area contributed by atoms with Gasteiger partial charge in [0.05, 0.1) is 5.02 Å². The van der Waals surface area contributed by atoms with E-state index in [1.165, 1.54) is 6.07 Å². The lowest BCUT2D eigenvalue weighted by molar-refractivity contribution is 0.306. The van der Waals surface area contributed by atoms with E-state index in [4.69, 9.17) is 27.9 Å². The average molecular weight is 376 g/mol. The van der Waals surface area contributed by atoms with Gasteiger partial charge in [-0.3, -0.25) is 0 Å². The van der Waals surface area contributed by atoms with Crippen molar-refractivity contribution >= 4 is 28.9 Å². The molecule has 0 aliphatic carbocycles. The SMILES string of the molecule is Fc1ccc(NCc2cccc(OCc3ccc(Cl)cc3)c2)cc1Cl. The molecule has 5 heteroatoms. The van der Waals surface area contributed by atoms with Crippen LogP contribution >= 0.6 is 23.2 Å². The number of hydrogen-bond donors (Lipinski definition) is 1. The zero-order chi connectivity index (χ0) is 17.6. The number of ether oxygens (including phenoxy) is 1. The summed E-state index contributed by atoms with van der Waals surface area (Å²) in [5, 5.41) is 4.02. The molecule has 1 N–H and O–H groups in total. The average Bonchev–Trinajstić information content (AvgIpc) is 2.63. The summed E-state index contributed by atoms with van der Waals surface area (Å²) in [6.45, 7) is 1.06. The molecule has 3 rings (SSSR count). The van der Waals surface area contributed by atoms with E-state index in [0.717, 1.165) is 22.6 Å². The lowest BCUT2D eigenvalue weighted by Gasteiger charge is -2.10. The molecule has 0 aromatic heterocycles. The molecule has 25 heavy (non-hydrogen) atoms. The van der Waals surface area contributed by atoms with Gasteiger partial charge in [0.2, 0.25) is 0 Å². The zero-order valence-corrected chi connectivity index (χ0v) is 14.8. The molecule has 128 valence electrons. The summed E-state index contributed by atoms with van der Waals surface area (Å²) in [6, 6.07) is 19.9. The minimum atomic E-state index is -0.426. The van der Waals surface area contributed by atoms with Gasteiger partial charge in [0, 0.05) is 17.3 Å². The van der Waals surface area contributed by atoms with Crippen LogP contribution in [0.3, 0.4) is 0 Å². The van der Waals surface area contributed by atoms with Crippen LogP contribution in [0.25, 0.3) is 0 Å². The van der Waals surface area contributed by atoms with E-state index in [9.17, 15) is 4.39 Å². The summed E-state index contributed by atoms with van der Waals surface area (Å²) >= 11 is 11.7. The Kier molecular flexibility index (Phi) is 5.79. The third-order valence-corrected chi connectivity index (χ3v) is 4.18. The third-order valence-electron chi connectivity index (χ3n) is 3.63. The van der Waals surface area contributed by atoms with Gasteiger partial charge < -0.3 is 10.1 Å². The summed E-state index contributed by atoms with van der Waals surface area (Å²) < 4.78 is 19.0. The van der Waals surface area contributed by atoms with Gasteiger partial charge in [0.15, 0.2) is 0 Å². The van der Waals surface area contributed by atoms with Gasteiger partial charge in [-0.15, -0.1) is 0 Å². The van der Waals surface area contributed by atoms with Crippen LogP contribution in [0.15, 0.2) is 66.7 Å². The van der Waals surface area contributed by atoms with E-state index in [1.54, 1.807) is 12.1 Å². The number of halogens is 3. The summed E-state index contributed by atoms with van der Waals surface area (Å²) in [7, 11) is 0. The second-order valence-corrected chi connectivity index (χ2v) is 6.39. The van der Waals surface area contributed by atoms with E-state index in [0.29, 0.717) is 18.2 Å². The number of rotatable bonds is 6. The molecule has 0 saturated carbocycles. The maximum absolute atomic E-state index is 13.2. The van der Waals surface area contributed by atoms with Crippen LogP contribution < -0.4 is 10.1 Å². The van der Waals surface area contributed by atoms with Gasteiger partial charge in [-0.2, -0.15) is 0 Å². The molecule has 0 bridgehead atoms. The molecule has 0 fully saturated rings. The largest absolute Gasteiger partial charge is 0.489 e. The number of nitrogens with one attached hydrogen (secondary N) is 1. The molecule has 0 heterocycles. The molecule has 0 aliphatic heterocycles. The quantitative estimate of drug-likeness (QED) is 0.543. The molecule has 0 unspecified atom stereocenters. The molecule has 0 spiro atoms. The van der Waals surface area contributed by atoms with Crippen LogP contribution in [0.2, 0.25) is 10.0 Å². The van der Waals surface area contributed by atoms with Crippen molar-refractivity contribution in [3.05, 3.63) is 93.7 Å². The van der Waals surface area contributed by atoms with Crippen LogP contribution in [0.5, 0.6) is 5.75 Å². The van der Waals surface area contributed by atoms with Crippen LogP contribution in [0.4, 0.5) is 10.1 Å². The fourth-order valence-corrected chi connectivity index (χ4v) is 2.61. The van der Waals surface area contributed by atoms with Gasteiger partial charge in [0.25, 0.3) is 0 Å². The first-order valence-corrected chi connectivity index (χ1v) is 8.51. The molecule has 0 saturated heterocycles. The van der Waals surface area contributed by atoms with Crippen molar-refractivity contribution in [2.75, 3.05) is 5.32 Å². The van der Waals surface area contributed by atoms with Crippen LogP contribution in [-0.2, 0) is 13.2 Å². The summed E-state index contributed by atoms with van der Waals surface area (Å²) in [5.41, 5.74) is 2.86. The number of benzene rings is 3. The first kappa shape index (κ1) is 17.6. The van der Waals surface area contributed by atoms with Crippen molar-refractivity contribution in [3.8, 4) is 5.75 Å². The van der Waals surface area contributed by atoms with Crippen molar-refractivity contribution in [2.24, 2.45) is 0 Å². The van der Waals surface area contributed by atoms with E-state index in [1.807, 2.05) is 48.5 Å². The van der Waals surface area contributed by atoms with Gasteiger partial charge in [-0.25, -0.2) is 4.39 Å². The fraction of sp³-hybridized carbons (Fsp3) is 0.100. The Morgan fingerprint density at radius 3 is 2.44 bits per heavy atom. The minimum absolute atomic E-state index is 0.102. The maximum Gasteiger partial charge on any atom is 0.141 e. The monoisotopic (exact) mass is 375 g/mol.